The van der Waals surface area contributed by atoms with Gasteiger partial charge in [-0.2, -0.15) is 0 Å². The van der Waals surface area contributed by atoms with E-state index in [1.165, 1.54) is 55.7 Å². The molecule has 28 heavy (non-hydrogen) atoms. The summed E-state index contributed by atoms with van der Waals surface area (Å²) in [5, 5.41) is 0. The Morgan fingerprint density at radius 2 is 1.68 bits per heavy atom. The average Bonchev–Trinajstić information content (AvgIpc) is 3.27. The molecule has 0 spiro atoms. The molecule has 2 aromatic carbocycles. The van der Waals surface area contributed by atoms with Crippen molar-refractivity contribution in [3.05, 3.63) is 112 Å². The molecule has 0 saturated heterocycles. The van der Waals surface area contributed by atoms with E-state index in [0.29, 0.717) is 0 Å². The Balaban J connectivity index is 1.60. The van der Waals surface area contributed by atoms with Crippen molar-refractivity contribution in [2.45, 2.75) is 40.0 Å². The predicted molar refractivity (Wildman–Crippen MR) is 123 cm³/mol. The second-order valence-electron chi connectivity index (χ2n) is 8.14. The quantitative estimate of drug-likeness (QED) is 0.511. The van der Waals surface area contributed by atoms with Gasteiger partial charge in [0.1, 0.15) is 0 Å². The van der Waals surface area contributed by atoms with Gasteiger partial charge < -0.3 is 0 Å². The predicted octanol–water partition coefficient (Wildman–Crippen LogP) is 7.64. The van der Waals surface area contributed by atoms with Crippen LogP contribution in [0.4, 0.5) is 0 Å². The molecule has 140 valence electrons. The van der Waals surface area contributed by atoms with E-state index in [1.807, 2.05) is 0 Å². The highest BCUT2D eigenvalue weighted by molar-refractivity contribution is 5.81. The standard InChI is InChI=1S/C28H28/c1-18(2)25-13-7-12-23-16-24(17-27(23)25)26-14-8-11-22(26)15-21(5)28-19(3)9-6-10-20(28)4/h6-7,9-14,17H,1,5,8,15-16H2,2-4H3. The zero-order chi connectivity index (χ0) is 19.8. The minimum Gasteiger partial charge on any atom is -0.0955 e. The van der Waals surface area contributed by atoms with Crippen LogP contribution in [0.5, 0.6) is 0 Å². The van der Waals surface area contributed by atoms with Crippen molar-refractivity contribution in [1.82, 2.24) is 0 Å². The van der Waals surface area contributed by atoms with Gasteiger partial charge in [-0.15, -0.1) is 0 Å². The molecule has 0 aromatic heterocycles. The number of benzene rings is 2. The fourth-order valence-corrected chi connectivity index (χ4v) is 4.67. The molecule has 0 bridgehead atoms. The summed E-state index contributed by atoms with van der Waals surface area (Å²) < 4.78 is 0. The van der Waals surface area contributed by atoms with Crippen LogP contribution in [0, 0.1) is 13.8 Å². The minimum absolute atomic E-state index is 0.915. The second kappa shape index (κ2) is 7.28. The topological polar surface area (TPSA) is 0 Å². The molecule has 0 unspecified atom stereocenters. The first kappa shape index (κ1) is 18.5. The van der Waals surface area contributed by atoms with Crippen LogP contribution in [-0.4, -0.2) is 0 Å². The third-order valence-electron chi connectivity index (χ3n) is 5.97. The highest BCUT2D eigenvalue weighted by atomic mass is 14.3. The number of hydrogen-bond acceptors (Lipinski definition) is 0. The number of fused-ring (bicyclic) bond motifs is 1. The summed E-state index contributed by atoms with van der Waals surface area (Å²) in [7, 11) is 0. The Kier molecular flexibility index (Phi) is 4.81. The van der Waals surface area contributed by atoms with E-state index < -0.39 is 0 Å². The molecular weight excluding hydrogens is 336 g/mol. The molecule has 0 aliphatic heterocycles. The smallest absolute Gasteiger partial charge is 0.00135 e. The summed E-state index contributed by atoms with van der Waals surface area (Å²) in [4.78, 5) is 0. The lowest BCUT2D eigenvalue weighted by molar-refractivity contribution is 1.16. The Labute approximate surface area is 169 Å². The van der Waals surface area contributed by atoms with Crippen LogP contribution in [0.25, 0.3) is 17.2 Å². The van der Waals surface area contributed by atoms with Crippen molar-refractivity contribution in [2.75, 3.05) is 0 Å². The zero-order valence-corrected chi connectivity index (χ0v) is 17.2. The normalized spacial score (nSPS) is 15.0. The lowest BCUT2D eigenvalue weighted by atomic mass is 9.89. The van der Waals surface area contributed by atoms with Crippen LogP contribution in [0.3, 0.4) is 0 Å². The first-order chi connectivity index (χ1) is 13.5. The van der Waals surface area contributed by atoms with E-state index in [-0.39, 0.29) is 0 Å². The summed E-state index contributed by atoms with van der Waals surface area (Å²) >= 11 is 0. The molecule has 0 atom stereocenters. The first-order valence-electron chi connectivity index (χ1n) is 10.1. The molecule has 0 heteroatoms. The van der Waals surface area contributed by atoms with Crippen LogP contribution < -0.4 is 0 Å². The number of allylic oxidation sites excluding steroid dienone is 7. The molecule has 0 saturated carbocycles. The van der Waals surface area contributed by atoms with Crippen molar-refractivity contribution < 1.29 is 0 Å². The molecule has 0 amide bonds. The van der Waals surface area contributed by atoms with Crippen LogP contribution >= 0.6 is 0 Å². The third-order valence-corrected chi connectivity index (χ3v) is 5.97. The zero-order valence-electron chi connectivity index (χ0n) is 17.2. The van der Waals surface area contributed by atoms with Gasteiger partial charge in [-0.25, -0.2) is 0 Å². The first-order valence-corrected chi connectivity index (χ1v) is 10.1. The van der Waals surface area contributed by atoms with Crippen molar-refractivity contribution in [3.63, 3.8) is 0 Å². The number of hydrogen-bond donors (Lipinski definition) is 0. The molecule has 2 aliphatic carbocycles. The van der Waals surface area contributed by atoms with Gasteiger partial charge in [-0.05, 0) is 102 Å². The SMILES string of the molecule is C=C(C)c1cccc2c1C=C(C1=CCC=C1CC(=C)c1c(C)cccc1C)C2. The van der Waals surface area contributed by atoms with Crippen LogP contribution in [0.1, 0.15) is 53.1 Å². The molecular formula is C28H28. The maximum Gasteiger partial charge on any atom is -0.00135 e. The number of aryl methyl sites for hydroxylation is 2. The van der Waals surface area contributed by atoms with Gasteiger partial charge >= 0.3 is 0 Å². The number of rotatable bonds is 5. The fraction of sp³-hybridized carbons (Fsp3) is 0.214. The van der Waals surface area contributed by atoms with Crippen LogP contribution in [0.2, 0.25) is 0 Å². The maximum atomic E-state index is 4.45. The van der Waals surface area contributed by atoms with E-state index in [4.69, 9.17) is 0 Å². The van der Waals surface area contributed by atoms with Crippen molar-refractivity contribution in [3.8, 4) is 0 Å². The van der Waals surface area contributed by atoms with E-state index in [1.54, 1.807) is 0 Å². The largest absolute Gasteiger partial charge is 0.0955 e. The molecule has 0 fully saturated rings. The lowest BCUT2D eigenvalue weighted by Crippen LogP contribution is -1.97. The van der Waals surface area contributed by atoms with Gasteiger partial charge in [0, 0.05) is 0 Å². The highest BCUT2D eigenvalue weighted by Gasteiger charge is 2.22. The van der Waals surface area contributed by atoms with Gasteiger partial charge in [0.25, 0.3) is 0 Å². The van der Waals surface area contributed by atoms with Gasteiger partial charge in [-0.3, -0.25) is 0 Å². The average molecular weight is 365 g/mol. The fourth-order valence-electron chi connectivity index (χ4n) is 4.67. The molecule has 0 heterocycles. The summed E-state index contributed by atoms with van der Waals surface area (Å²) in [5.41, 5.74) is 14.6. The second-order valence-corrected chi connectivity index (χ2v) is 8.14. The highest BCUT2D eigenvalue weighted by Crippen LogP contribution is 2.40. The van der Waals surface area contributed by atoms with Crippen molar-refractivity contribution in [2.24, 2.45) is 0 Å². The minimum atomic E-state index is 0.915. The third kappa shape index (κ3) is 3.24. The summed E-state index contributed by atoms with van der Waals surface area (Å²) in [6.45, 7) is 15.1. The van der Waals surface area contributed by atoms with Crippen molar-refractivity contribution >= 4 is 17.2 Å². The van der Waals surface area contributed by atoms with E-state index in [0.717, 1.165) is 24.8 Å². The molecule has 2 aromatic rings. The van der Waals surface area contributed by atoms with Gasteiger partial charge in [-0.1, -0.05) is 67.3 Å². The maximum absolute atomic E-state index is 4.45. The molecule has 4 rings (SSSR count). The van der Waals surface area contributed by atoms with Gasteiger partial charge in [0.15, 0.2) is 0 Å². The Morgan fingerprint density at radius 1 is 0.964 bits per heavy atom. The van der Waals surface area contributed by atoms with Crippen molar-refractivity contribution in [1.29, 1.82) is 0 Å². The molecule has 0 radical (unpaired) electrons. The van der Waals surface area contributed by atoms with Gasteiger partial charge in [0.05, 0.1) is 0 Å². The summed E-state index contributed by atoms with van der Waals surface area (Å²) in [5.74, 6) is 0. The van der Waals surface area contributed by atoms with E-state index in [2.05, 4.69) is 88.6 Å². The van der Waals surface area contributed by atoms with Crippen LogP contribution in [-0.2, 0) is 6.42 Å². The van der Waals surface area contributed by atoms with Crippen LogP contribution in [0.15, 0.2) is 78.4 Å². The Morgan fingerprint density at radius 3 is 2.39 bits per heavy atom. The molecule has 0 N–H and O–H groups in total. The monoisotopic (exact) mass is 364 g/mol. The summed E-state index contributed by atoms with van der Waals surface area (Å²) in [6.07, 6.45) is 10.1. The Hall–Kier alpha value is -2.86. The Bertz CT molecular complexity index is 1060. The van der Waals surface area contributed by atoms with E-state index >= 15 is 0 Å². The molecule has 2 aliphatic rings. The summed E-state index contributed by atoms with van der Waals surface area (Å²) in [6, 6.07) is 13.1. The molecule has 0 nitrogen and oxygen atoms in total. The lowest BCUT2D eigenvalue weighted by Gasteiger charge is -2.16. The van der Waals surface area contributed by atoms with Gasteiger partial charge in [0.2, 0.25) is 0 Å². The van der Waals surface area contributed by atoms with E-state index in [9.17, 15) is 0 Å².